The Hall–Kier alpha value is -2.74. The third-order valence-corrected chi connectivity index (χ3v) is 7.49. The average Bonchev–Trinajstić information content (AvgIpc) is 2.79. The monoisotopic (exact) mass is 473 g/mol. The number of carbonyl (C=O) groups excluding carboxylic acids is 1. The van der Waals surface area contributed by atoms with E-state index in [-0.39, 0.29) is 11.9 Å². The number of anilines is 2. The van der Waals surface area contributed by atoms with Gasteiger partial charge in [-0.1, -0.05) is 19.1 Å². The molecule has 8 heteroatoms. The van der Waals surface area contributed by atoms with Crippen molar-refractivity contribution in [2.24, 2.45) is 5.92 Å². The van der Waals surface area contributed by atoms with Crippen molar-refractivity contribution in [3.05, 3.63) is 54.1 Å². The molecule has 180 valence electrons. The minimum Gasteiger partial charge on any atom is -0.481 e. The first-order chi connectivity index (χ1) is 15.5. The highest BCUT2D eigenvalue weighted by Gasteiger charge is 2.20. The van der Waals surface area contributed by atoms with E-state index in [1.807, 2.05) is 6.92 Å². The molecular formula is C25H35N3O4S. The lowest BCUT2D eigenvalue weighted by molar-refractivity contribution is -0.127. The molecule has 0 saturated carbocycles. The van der Waals surface area contributed by atoms with Crippen LogP contribution in [0.2, 0.25) is 0 Å². The molecule has 0 radical (unpaired) electrons. The SMILES string of the molecule is CC1CCN(c2ccc(C(C)NC(=O)C(C)Oc3ccc(N(C)S(C)(=O)=O)cc3)cc2)CC1. The molecule has 1 aliphatic heterocycles. The van der Waals surface area contributed by atoms with Gasteiger partial charge in [0.15, 0.2) is 6.10 Å². The van der Waals surface area contributed by atoms with E-state index in [0.717, 1.165) is 30.8 Å². The number of nitrogens with one attached hydrogen (secondary N) is 1. The van der Waals surface area contributed by atoms with Crippen molar-refractivity contribution in [1.82, 2.24) is 5.32 Å². The van der Waals surface area contributed by atoms with Crippen molar-refractivity contribution in [1.29, 1.82) is 0 Å². The second-order valence-corrected chi connectivity index (χ2v) is 11.0. The highest BCUT2D eigenvalue weighted by Crippen LogP contribution is 2.25. The second kappa shape index (κ2) is 10.5. The van der Waals surface area contributed by atoms with Gasteiger partial charge in [-0.3, -0.25) is 9.10 Å². The average molecular weight is 474 g/mol. The van der Waals surface area contributed by atoms with Crippen LogP contribution >= 0.6 is 0 Å². The van der Waals surface area contributed by atoms with Crippen molar-refractivity contribution < 1.29 is 17.9 Å². The Kier molecular flexibility index (Phi) is 7.89. The van der Waals surface area contributed by atoms with E-state index < -0.39 is 16.1 Å². The molecule has 33 heavy (non-hydrogen) atoms. The number of hydrogen-bond donors (Lipinski definition) is 1. The van der Waals surface area contributed by atoms with Gasteiger partial charge < -0.3 is 15.0 Å². The minimum atomic E-state index is -3.33. The predicted molar refractivity (Wildman–Crippen MR) is 133 cm³/mol. The van der Waals surface area contributed by atoms with Crippen LogP contribution in [-0.4, -0.2) is 46.8 Å². The smallest absolute Gasteiger partial charge is 0.261 e. The first-order valence-corrected chi connectivity index (χ1v) is 13.3. The molecular weight excluding hydrogens is 438 g/mol. The quantitative estimate of drug-likeness (QED) is 0.628. The van der Waals surface area contributed by atoms with Gasteiger partial charge in [-0.2, -0.15) is 0 Å². The van der Waals surface area contributed by atoms with Crippen molar-refractivity contribution in [3.63, 3.8) is 0 Å². The fourth-order valence-corrected chi connectivity index (χ4v) is 4.34. The van der Waals surface area contributed by atoms with Crippen molar-refractivity contribution in [2.45, 2.75) is 45.8 Å². The van der Waals surface area contributed by atoms with Crippen LogP contribution in [0.25, 0.3) is 0 Å². The topological polar surface area (TPSA) is 79.0 Å². The van der Waals surface area contributed by atoms with Gasteiger partial charge in [0.2, 0.25) is 10.0 Å². The Morgan fingerprint density at radius 1 is 1.06 bits per heavy atom. The molecule has 0 aliphatic carbocycles. The summed E-state index contributed by atoms with van der Waals surface area (Å²) in [6.45, 7) is 8.14. The van der Waals surface area contributed by atoms with Gasteiger partial charge in [0, 0.05) is 25.8 Å². The number of sulfonamides is 1. The van der Waals surface area contributed by atoms with Crippen molar-refractivity contribution in [3.8, 4) is 5.75 Å². The van der Waals surface area contributed by atoms with Gasteiger partial charge >= 0.3 is 0 Å². The fourth-order valence-electron chi connectivity index (χ4n) is 3.84. The van der Waals surface area contributed by atoms with Crippen molar-refractivity contribution in [2.75, 3.05) is 35.6 Å². The molecule has 2 unspecified atom stereocenters. The summed E-state index contributed by atoms with van der Waals surface area (Å²) < 4.78 is 30.2. The van der Waals surface area contributed by atoms with E-state index in [0.29, 0.717) is 11.4 Å². The molecule has 0 aromatic heterocycles. The Labute approximate surface area is 197 Å². The summed E-state index contributed by atoms with van der Waals surface area (Å²) in [5.74, 6) is 1.08. The Balaban J connectivity index is 1.53. The van der Waals surface area contributed by atoms with Gasteiger partial charge in [-0.15, -0.1) is 0 Å². The summed E-state index contributed by atoms with van der Waals surface area (Å²) in [4.78, 5) is 15.1. The van der Waals surface area contributed by atoms with E-state index in [9.17, 15) is 13.2 Å². The molecule has 0 spiro atoms. The van der Waals surface area contributed by atoms with Crippen molar-refractivity contribution >= 4 is 27.3 Å². The molecule has 7 nitrogen and oxygen atoms in total. The van der Waals surface area contributed by atoms with E-state index in [4.69, 9.17) is 4.74 Å². The number of ether oxygens (including phenoxy) is 1. The number of amides is 1. The highest BCUT2D eigenvalue weighted by atomic mass is 32.2. The van der Waals surface area contributed by atoms with Gasteiger partial charge in [-0.05, 0) is 74.6 Å². The normalized spacial score (nSPS) is 16.7. The molecule has 1 aliphatic rings. The van der Waals surface area contributed by atoms with Crippen LogP contribution in [0.3, 0.4) is 0 Å². The number of benzene rings is 2. The largest absolute Gasteiger partial charge is 0.481 e. The van der Waals surface area contributed by atoms with Crippen LogP contribution in [0.15, 0.2) is 48.5 Å². The fraction of sp³-hybridized carbons (Fsp3) is 0.480. The number of carbonyl (C=O) groups is 1. The summed E-state index contributed by atoms with van der Waals surface area (Å²) in [5.41, 5.74) is 2.79. The zero-order valence-electron chi connectivity index (χ0n) is 20.1. The summed E-state index contributed by atoms with van der Waals surface area (Å²) in [7, 11) is -1.84. The van der Waals surface area contributed by atoms with Gasteiger partial charge in [0.25, 0.3) is 5.91 Å². The number of piperidine rings is 1. The lowest BCUT2D eigenvalue weighted by Gasteiger charge is -2.32. The number of hydrogen-bond acceptors (Lipinski definition) is 5. The van der Waals surface area contributed by atoms with Crippen LogP contribution in [0.4, 0.5) is 11.4 Å². The maximum atomic E-state index is 12.7. The van der Waals surface area contributed by atoms with Crippen LogP contribution < -0.4 is 19.3 Å². The maximum absolute atomic E-state index is 12.7. The third-order valence-electron chi connectivity index (χ3n) is 6.28. The third kappa shape index (κ3) is 6.63. The molecule has 2 aromatic rings. The molecule has 0 bridgehead atoms. The van der Waals surface area contributed by atoms with Gasteiger partial charge in [0.05, 0.1) is 18.0 Å². The van der Waals surface area contributed by atoms with Crippen LogP contribution in [0.1, 0.15) is 45.2 Å². The zero-order chi connectivity index (χ0) is 24.2. The Morgan fingerprint density at radius 3 is 2.18 bits per heavy atom. The molecule has 2 aromatic carbocycles. The summed E-state index contributed by atoms with van der Waals surface area (Å²) >= 11 is 0. The Morgan fingerprint density at radius 2 is 1.64 bits per heavy atom. The molecule has 3 rings (SSSR count). The first kappa shape index (κ1) is 24.9. The van der Waals surface area contributed by atoms with E-state index in [1.54, 1.807) is 31.2 Å². The summed E-state index contributed by atoms with van der Waals surface area (Å²) in [6, 6.07) is 14.9. The van der Waals surface area contributed by atoms with Crippen LogP contribution in [0, 0.1) is 5.92 Å². The predicted octanol–water partition coefficient (Wildman–Crippen LogP) is 3.96. The highest BCUT2D eigenvalue weighted by molar-refractivity contribution is 7.92. The van der Waals surface area contributed by atoms with E-state index in [2.05, 4.69) is 41.4 Å². The zero-order valence-corrected chi connectivity index (χ0v) is 20.9. The van der Waals surface area contributed by atoms with Gasteiger partial charge in [0.1, 0.15) is 5.75 Å². The second-order valence-electron chi connectivity index (χ2n) is 8.98. The molecule has 1 N–H and O–H groups in total. The standard InChI is InChI=1S/C25H35N3O4S/c1-18-14-16-28(17-15-18)23-8-6-21(7-9-23)19(2)26-25(29)20(3)32-24-12-10-22(11-13-24)27(4)33(5,30)31/h6-13,18-20H,14-17H2,1-5H3,(H,26,29). The van der Waals surface area contributed by atoms with E-state index >= 15 is 0 Å². The molecule has 1 saturated heterocycles. The number of rotatable bonds is 8. The van der Waals surface area contributed by atoms with E-state index in [1.165, 1.54) is 29.9 Å². The maximum Gasteiger partial charge on any atom is 0.261 e. The first-order valence-electron chi connectivity index (χ1n) is 11.4. The van der Waals surface area contributed by atoms with Gasteiger partial charge in [-0.25, -0.2) is 8.42 Å². The Bertz CT molecular complexity index is 1030. The molecule has 1 fully saturated rings. The number of nitrogens with zero attached hydrogens (tertiary/aromatic N) is 2. The van der Waals surface area contributed by atoms with Crippen LogP contribution in [0.5, 0.6) is 5.75 Å². The molecule has 2 atom stereocenters. The molecule has 1 amide bonds. The molecule has 1 heterocycles. The lowest BCUT2D eigenvalue weighted by Crippen LogP contribution is -2.37. The van der Waals surface area contributed by atoms with Crippen LogP contribution in [-0.2, 0) is 14.8 Å². The minimum absolute atomic E-state index is 0.148. The summed E-state index contributed by atoms with van der Waals surface area (Å²) in [6.07, 6.45) is 2.90. The summed E-state index contributed by atoms with van der Waals surface area (Å²) in [5, 5.41) is 3.01. The lowest BCUT2D eigenvalue weighted by atomic mass is 9.98.